The molecule has 0 bridgehead atoms. The van der Waals surface area contributed by atoms with E-state index in [0.717, 1.165) is 68.6 Å². The molecular formula is C24H30N8O2S. The lowest BCUT2D eigenvalue weighted by molar-refractivity contribution is 0.204. The highest BCUT2D eigenvalue weighted by Gasteiger charge is 2.42. The van der Waals surface area contributed by atoms with Crippen LogP contribution >= 0.6 is 0 Å². The molecule has 184 valence electrons. The number of piperazine rings is 1. The molecule has 3 aromatic heterocycles. The molecule has 1 saturated heterocycles. The Morgan fingerprint density at radius 2 is 1.86 bits per heavy atom. The van der Waals surface area contributed by atoms with E-state index in [0.29, 0.717) is 24.0 Å². The second kappa shape index (κ2) is 8.56. The minimum absolute atomic E-state index is 0.145. The zero-order valence-corrected chi connectivity index (χ0v) is 20.7. The van der Waals surface area contributed by atoms with Gasteiger partial charge in [-0.05, 0) is 31.0 Å². The second-order valence-corrected chi connectivity index (χ2v) is 11.7. The molecule has 2 N–H and O–H groups in total. The zero-order valence-electron chi connectivity index (χ0n) is 19.9. The van der Waals surface area contributed by atoms with Crippen LogP contribution in [0.3, 0.4) is 0 Å². The van der Waals surface area contributed by atoms with Crippen molar-refractivity contribution in [3.8, 4) is 0 Å². The summed E-state index contributed by atoms with van der Waals surface area (Å²) in [6.45, 7) is 4.35. The summed E-state index contributed by atoms with van der Waals surface area (Å²) in [5, 5.41) is 7.55. The van der Waals surface area contributed by atoms with Crippen molar-refractivity contribution in [1.29, 1.82) is 0 Å². The van der Waals surface area contributed by atoms with E-state index in [1.165, 1.54) is 12.7 Å². The van der Waals surface area contributed by atoms with Crippen LogP contribution < -0.4 is 15.5 Å². The number of pyridine rings is 1. The summed E-state index contributed by atoms with van der Waals surface area (Å²) in [6.07, 6.45) is 10.2. The van der Waals surface area contributed by atoms with Gasteiger partial charge in [0, 0.05) is 44.0 Å². The molecule has 5 heterocycles. The maximum atomic E-state index is 12.5. The third-order valence-electron chi connectivity index (χ3n) is 7.36. The van der Waals surface area contributed by atoms with E-state index >= 15 is 0 Å². The first-order valence-corrected chi connectivity index (χ1v) is 14.1. The molecule has 1 saturated carbocycles. The first-order valence-electron chi connectivity index (χ1n) is 12.3. The fourth-order valence-corrected chi connectivity index (χ4v) is 6.47. The fourth-order valence-electron chi connectivity index (χ4n) is 5.64. The number of sulfone groups is 1. The summed E-state index contributed by atoms with van der Waals surface area (Å²) in [7, 11) is -3.47. The first kappa shape index (κ1) is 22.4. The lowest BCUT2D eigenvalue weighted by atomic mass is 9.80. The quantitative estimate of drug-likeness (QED) is 0.570. The van der Waals surface area contributed by atoms with Crippen molar-refractivity contribution < 1.29 is 8.42 Å². The van der Waals surface area contributed by atoms with Gasteiger partial charge in [-0.25, -0.2) is 18.4 Å². The number of aliphatic imine (C=N–C) groups is 1. The number of nitrogens with zero attached hydrogens (tertiary/aromatic N) is 6. The molecule has 1 spiro atoms. The molecule has 10 nitrogen and oxygen atoms in total. The van der Waals surface area contributed by atoms with Crippen molar-refractivity contribution in [3.63, 3.8) is 0 Å². The summed E-state index contributed by atoms with van der Waals surface area (Å²) in [4.78, 5) is 20.8. The average molecular weight is 495 g/mol. The Labute approximate surface area is 204 Å². The Kier molecular flexibility index (Phi) is 5.48. The van der Waals surface area contributed by atoms with E-state index in [4.69, 9.17) is 4.98 Å². The Hall–Kier alpha value is -3.05. The molecule has 35 heavy (non-hydrogen) atoms. The molecule has 0 aromatic carbocycles. The summed E-state index contributed by atoms with van der Waals surface area (Å²) < 4.78 is 27.2. The van der Waals surface area contributed by atoms with Crippen molar-refractivity contribution >= 4 is 43.4 Å². The van der Waals surface area contributed by atoms with Gasteiger partial charge >= 0.3 is 0 Å². The van der Waals surface area contributed by atoms with Crippen molar-refractivity contribution in [2.75, 3.05) is 49.2 Å². The molecule has 3 aliphatic rings. The van der Waals surface area contributed by atoms with Crippen LogP contribution in [0, 0.1) is 0 Å². The zero-order chi connectivity index (χ0) is 24.0. The maximum absolute atomic E-state index is 12.5. The molecule has 3 aromatic rings. The Morgan fingerprint density at radius 3 is 2.57 bits per heavy atom. The highest BCUT2D eigenvalue weighted by molar-refractivity contribution is 8.06. The number of hydrogen-bond acceptors (Lipinski definition) is 9. The van der Waals surface area contributed by atoms with Gasteiger partial charge in [0.2, 0.25) is 5.95 Å². The van der Waals surface area contributed by atoms with Crippen molar-refractivity contribution in [1.82, 2.24) is 24.8 Å². The van der Waals surface area contributed by atoms with E-state index in [9.17, 15) is 8.42 Å². The Bertz CT molecular complexity index is 1380. The van der Waals surface area contributed by atoms with E-state index < -0.39 is 9.84 Å². The second-order valence-electron chi connectivity index (χ2n) is 9.78. The largest absolute Gasteiger partial charge is 0.368 e. The summed E-state index contributed by atoms with van der Waals surface area (Å²) in [5.74, 6) is 1.11. The predicted molar refractivity (Wildman–Crippen MR) is 137 cm³/mol. The number of aromatic nitrogens is 4. The molecule has 0 unspecified atom stereocenters. The van der Waals surface area contributed by atoms with E-state index in [-0.39, 0.29) is 10.6 Å². The fraction of sp³-hybridized carbons (Fsp3) is 0.500. The van der Waals surface area contributed by atoms with Crippen LogP contribution in [0.4, 0.5) is 17.5 Å². The monoisotopic (exact) mass is 494 g/mol. The van der Waals surface area contributed by atoms with Gasteiger partial charge in [0.1, 0.15) is 11.5 Å². The standard InChI is InChI=1S/C24H30N8O2S/c1-35(33,34)22-19-13-17-14-27-23(29-20-6-5-18(15-26-20)31-11-9-25-10-12-31)30-21(17)32(19)24(16-28-22)7-3-2-4-8-24/h5-6,13-15,25H,2-4,7-12,16H2,1H3,(H,26,27,29,30). The summed E-state index contributed by atoms with van der Waals surface area (Å²) in [6, 6.07) is 5.87. The maximum Gasteiger partial charge on any atom is 0.230 e. The topological polar surface area (TPSA) is 117 Å². The molecule has 1 aliphatic carbocycles. The SMILES string of the molecule is CS(=O)(=O)C1=NCC2(CCCCC2)n2c1cc1cnc(Nc3ccc(N4CCNCC4)cn3)nc12. The molecule has 0 amide bonds. The van der Waals surface area contributed by atoms with E-state index in [1.807, 2.05) is 18.3 Å². The van der Waals surface area contributed by atoms with Gasteiger partial charge in [-0.3, -0.25) is 4.99 Å². The van der Waals surface area contributed by atoms with Gasteiger partial charge in [-0.15, -0.1) is 0 Å². The van der Waals surface area contributed by atoms with Gasteiger partial charge in [-0.1, -0.05) is 19.3 Å². The van der Waals surface area contributed by atoms with Crippen LogP contribution in [-0.4, -0.2) is 72.0 Å². The van der Waals surface area contributed by atoms with Crippen LogP contribution in [0.2, 0.25) is 0 Å². The van der Waals surface area contributed by atoms with Crippen LogP contribution in [0.5, 0.6) is 0 Å². The number of hydrogen-bond donors (Lipinski definition) is 2. The molecule has 0 radical (unpaired) electrons. The van der Waals surface area contributed by atoms with Crippen LogP contribution in [-0.2, 0) is 15.4 Å². The van der Waals surface area contributed by atoms with E-state index in [1.54, 1.807) is 6.20 Å². The molecule has 0 atom stereocenters. The van der Waals surface area contributed by atoms with Crippen molar-refractivity contribution in [3.05, 3.63) is 36.3 Å². The number of anilines is 3. The number of rotatable bonds is 3. The van der Waals surface area contributed by atoms with Gasteiger partial charge in [0.15, 0.2) is 14.9 Å². The van der Waals surface area contributed by atoms with Gasteiger partial charge in [-0.2, -0.15) is 4.98 Å². The van der Waals surface area contributed by atoms with Crippen molar-refractivity contribution in [2.24, 2.45) is 4.99 Å². The predicted octanol–water partition coefficient (Wildman–Crippen LogP) is 2.44. The van der Waals surface area contributed by atoms with Crippen LogP contribution in [0.25, 0.3) is 11.0 Å². The third-order valence-corrected chi connectivity index (χ3v) is 8.40. The van der Waals surface area contributed by atoms with Gasteiger partial charge < -0.3 is 20.1 Å². The van der Waals surface area contributed by atoms with Gasteiger partial charge in [0.05, 0.1) is 29.7 Å². The molecule has 2 fully saturated rings. The minimum Gasteiger partial charge on any atom is -0.368 e. The average Bonchev–Trinajstić information content (AvgIpc) is 3.25. The molecular weight excluding hydrogens is 464 g/mol. The molecule has 11 heteroatoms. The normalized spacial score (nSPS) is 20.0. The smallest absolute Gasteiger partial charge is 0.230 e. The van der Waals surface area contributed by atoms with Crippen LogP contribution in [0.15, 0.2) is 35.6 Å². The van der Waals surface area contributed by atoms with Gasteiger partial charge in [0.25, 0.3) is 0 Å². The third kappa shape index (κ3) is 4.06. The first-order chi connectivity index (χ1) is 16.9. The highest BCUT2D eigenvalue weighted by Crippen LogP contribution is 2.42. The minimum atomic E-state index is -3.47. The van der Waals surface area contributed by atoms with Crippen molar-refractivity contribution in [2.45, 2.75) is 37.6 Å². The molecule has 2 aliphatic heterocycles. The molecule has 6 rings (SSSR count). The highest BCUT2D eigenvalue weighted by atomic mass is 32.2. The number of fused-ring (bicyclic) bond motifs is 4. The number of nitrogens with one attached hydrogen (secondary N) is 2. The summed E-state index contributed by atoms with van der Waals surface area (Å²) >= 11 is 0. The van der Waals surface area contributed by atoms with E-state index in [2.05, 4.69) is 41.1 Å². The summed E-state index contributed by atoms with van der Waals surface area (Å²) in [5.41, 5.74) is 2.23. The lowest BCUT2D eigenvalue weighted by Gasteiger charge is -2.41. The Morgan fingerprint density at radius 1 is 1.06 bits per heavy atom. The van der Waals surface area contributed by atoms with Crippen LogP contribution in [0.1, 0.15) is 37.8 Å². The Balaban J connectivity index is 1.36. The lowest BCUT2D eigenvalue weighted by Crippen LogP contribution is -2.44.